The maximum absolute atomic E-state index is 13.3. The van der Waals surface area contributed by atoms with Crippen LogP contribution in [0.25, 0.3) is 0 Å². The lowest BCUT2D eigenvalue weighted by Gasteiger charge is -2.11. The highest BCUT2D eigenvalue weighted by Gasteiger charge is 2.22. The van der Waals surface area contributed by atoms with Gasteiger partial charge >= 0.3 is 11.7 Å². The molecule has 7 nitrogen and oxygen atoms in total. The van der Waals surface area contributed by atoms with Gasteiger partial charge in [0.05, 0.1) is 29.7 Å². The van der Waals surface area contributed by atoms with E-state index in [9.17, 15) is 19.3 Å². The zero-order valence-corrected chi connectivity index (χ0v) is 13.3. The van der Waals surface area contributed by atoms with E-state index in [-0.39, 0.29) is 22.1 Å². The number of nitrogens with zero attached hydrogens (tertiary/aromatic N) is 1. The number of esters is 1. The summed E-state index contributed by atoms with van der Waals surface area (Å²) in [6.07, 6.45) is 0. The summed E-state index contributed by atoms with van der Waals surface area (Å²) in [5, 5.41) is 11.0. The second kappa shape index (κ2) is 7.14. The monoisotopic (exact) mass is 355 g/mol. The molecule has 0 bridgehead atoms. The van der Waals surface area contributed by atoms with E-state index in [1.165, 1.54) is 26.4 Å². The first-order valence-corrected chi connectivity index (χ1v) is 6.82. The standard InChI is InChI=1S/C15H11ClFNO6/c1-22-13-6-8(5-10(16)14(13)23-2)15(19)24-12-7-9(17)3-4-11(12)18(20)21/h3-7H,1-2H3. The summed E-state index contributed by atoms with van der Waals surface area (Å²) in [6.45, 7) is 0. The molecular weight excluding hydrogens is 345 g/mol. The van der Waals surface area contributed by atoms with Gasteiger partial charge in [0.2, 0.25) is 5.75 Å². The molecule has 0 heterocycles. The lowest BCUT2D eigenvalue weighted by atomic mass is 10.2. The highest BCUT2D eigenvalue weighted by atomic mass is 35.5. The van der Waals surface area contributed by atoms with E-state index in [4.69, 9.17) is 25.8 Å². The van der Waals surface area contributed by atoms with E-state index in [1.807, 2.05) is 0 Å². The first-order valence-electron chi connectivity index (χ1n) is 6.45. The van der Waals surface area contributed by atoms with Crippen LogP contribution in [0.15, 0.2) is 30.3 Å². The van der Waals surface area contributed by atoms with Crippen molar-refractivity contribution in [3.8, 4) is 17.2 Å². The van der Waals surface area contributed by atoms with Gasteiger partial charge in [0.25, 0.3) is 0 Å². The molecule has 126 valence electrons. The number of hydrogen-bond donors (Lipinski definition) is 0. The minimum atomic E-state index is -0.966. The number of benzene rings is 2. The van der Waals surface area contributed by atoms with Crippen LogP contribution in [-0.4, -0.2) is 25.1 Å². The SMILES string of the molecule is COc1cc(C(=O)Oc2cc(F)ccc2[N+](=O)[O-])cc(Cl)c1OC. The van der Waals surface area contributed by atoms with Gasteiger partial charge in [-0.15, -0.1) is 0 Å². The largest absolute Gasteiger partial charge is 0.493 e. The first-order chi connectivity index (χ1) is 11.4. The molecule has 0 amide bonds. The molecule has 2 aromatic rings. The van der Waals surface area contributed by atoms with Crippen molar-refractivity contribution in [2.75, 3.05) is 14.2 Å². The highest BCUT2D eigenvalue weighted by molar-refractivity contribution is 6.32. The van der Waals surface area contributed by atoms with Gasteiger partial charge in [-0.25, -0.2) is 9.18 Å². The van der Waals surface area contributed by atoms with Crippen molar-refractivity contribution in [1.82, 2.24) is 0 Å². The summed E-state index contributed by atoms with van der Waals surface area (Å²) < 4.78 is 28.3. The topological polar surface area (TPSA) is 87.9 Å². The Bertz CT molecular complexity index is 811. The van der Waals surface area contributed by atoms with Crippen molar-refractivity contribution in [1.29, 1.82) is 0 Å². The molecule has 9 heteroatoms. The summed E-state index contributed by atoms with van der Waals surface area (Å²) in [4.78, 5) is 22.3. The van der Waals surface area contributed by atoms with E-state index in [1.54, 1.807) is 0 Å². The Morgan fingerprint density at radius 3 is 2.46 bits per heavy atom. The molecular formula is C15H11ClFNO6. The Kier molecular flexibility index (Phi) is 5.20. The second-order valence-corrected chi connectivity index (χ2v) is 4.86. The fourth-order valence-electron chi connectivity index (χ4n) is 1.92. The minimum Gasteiger partial charge on any atom is -0.493 e. The van der Waals surface area contributed by atoms with Crippen LogP contribution in [-0.2, 0) is 0 Å². The van der Waals surface area contributed by atoms with Crippen LogP contribution < -0.4 is 14.2 Å². The maximum atomic E-state index is 13.3. The molecule has 0 N–H and O–H groups in total. The van der Waals surface area contributed by atoms with Crippen LogP contribution in [0, 0.1) is 15.9 Å². The lowest BCUT2D eigenvalue weighted by Crippen LogP contribution is -2.10. The molecule has 0 unspecified atom stereocenters. The first kappa shape index (κ1) is 17.5. The van der Waals surface area contributed by atoms with E-state index in [2.05, 4.69) is 0 Å². The molecule has 2 rings (SSSR count). The number of nitro benzene ring substituents is 1. The Morgan fingerprint density at radius 2 is 1.88 bits per heavy atom. The van der Waals surface area contributed by atoms with Crippen LogP contribution in [0.2, 0.25) is 5.02 Å². The van der Waals surface area contributed by atoms with Gasteiger partial charge in [-0.2, -0.15) is 0 Å². The molecule has 0 saturated heterocycles. The molecule has 0 atom stereocenters. The number of hydrogen-bond acceptors (Lipinski definition) is 6. The van der Waals surface area contributed by atoms with Crippen molar-refractivity contribution in [2.45, 2.75) is 0 Å². The molecule has 0 fully saturated rings. The predicted molar refractivity (Wildman–Crippen MR) is 82.6 cm³/mol. The van der Waals surface area contributed by atoms with Gasteiger partial charge in [0.1, 0.15) is 5.82 Å². The predicted octanol–water partition coefficient (Wildman–Crippen LogP) is 3.62. The Hall–Kier alpha value is -2.87. The smallest absolute Gasteiger partial charge is 0.343 e. The summed E-state index contributed by atoms with van der Waals surface area (Å²) in [6, 6.07) is 5.08. The zero-order valence-electron chi connectivity index (χ0n) is 12.5. The van der Waals surface area contributed by atoms with Gasteiger partial charge in [0, 0.05) is 12.1 Å². The molecule has 0 aliphatic carbocycles. The van der Waals surface area contributed by atoms with E-state index in [0.29, 0.717) is 0 Å². The van der Waals surface area contributed by atoms with Gasteiger partial charge in [-0.05, 0) is 18.2 Å². The van der Waals surface area contributed by atoms with Crippen molar-refractivity contribution in [3.63, 3.8) is 0 Å². The van der Waals surface area contributed by atoms with Crippen LogP contribution in [0.3, 0.4) is 0 Å². The van der Waals surface area contributed by atoms with Crippen molar-refractivity contribution in [3.05, 3.63) is 56.8 Å². The number of carbonyl (C=O) groups excluding carboxylic acids is 1. The molecule has 24 heavy (non-hydrogen) atoms. The minimum absolute atomic E-state index is 0.0452. The third-order valence-electron chi connectivity index (χ3n) is 2.99. The third-order valence-corrected chi connectivity index (χ3v) is 3.27. The number of ether oxygens (including phenoxy) is 3. The van der Waals surface area contributed by atoms with Crippen molar-refractivity contribution in [2.24, 2.45) is 0 Å². The Balaban J connectivity index is 2.39. The molecule has 0 aromatic heterocycles. The molecule has 2 aromatic carbocycles. The van der Waals surface area contributed by atoms with Gasteiger partial charge in [0.15, 0.2) is 11.5 Å². The number of rotatable bonds is 5. The quantitative estimate of drug-likeness (QED) is 0.352. The van der Waals surface area contributed by atoms with Crippen molar-refractivity contribution >= 4 is 23.3 Å². The van der Waals surface area contributed by atoms with E-state index in [0.717, 1.165) is 18.2 Å². The summed E-state index contributed by atoms with van der Waals surface area (Å²) >= 11 is 5.99. The highest BCUT2D eigenvalue weighted by Crippen LogP contribution is 2.36. The maximum Gasteiger partial charge on any atom is 0.343 e. The fourth-order valence-corrected chi connectivity index (χ4v) is 2.20. The van der Waals surface area contributed by atoms with Crippen LogP contribution in [0.1, 0.15) is 10.4 Å². The fraction of sp³-hybridized carbons (Fsp3) is 0.133. The van der Waals surface area contributed by atoms with Gasteiger partial charge < -0.3 is 14.2 Å². The Morgan fingerprint density at radius 1 is 1.17 bits per heavy atom. The number of methoxy groups -OCH3 is 2. The number of nitro groups is 1. The third kappa shape index (κ3) is 3.54. The lowest BCUT2D eigenvalue weighted by molar-refractivity contribution is -0.385. The molecule has 0 spiro atoms. The summed E-state index contributed by atoms with van der Waals surface area (Å²) in [5.74, 6) is -1.88. The van der Waals surface area contributed by atoms with Gasteiger partial charge in [-0.3, -0.25) is 10.1 Å². The van der Waals surface area contributed by atoms with E-state index < -0.39 is 28.1 Å². The average Bonchev–Trinajstić information content (AvgIpc) is 2.53. The van der Waals surface area contributed by atoms with Crippen LogP contribution >= 0.6 is 11.6 Å². The summed E-state index contributed by atoms with van der Waals surface area (Å²) in [7, 11) is 2.72. The average molecular weight is 356 g/mol. The van der Waals surface area contributed by atoms with Gasteiger partial charge in [-0.1, -0.05) is 11.6 Å². The normalized spacial score (nSPS) is 10.2. The van der Waals surface area contributed by atoms with E-state index >= 15 is 0 Å². The summed E-state index contributed by atoms with van der Waals surface area (Å²) in [5.41, 5.74) is -0.590. The molecule has 0 radical (unpaired) electrons. The zero-order chi connectivity index (χ0) is 17.9. The molecule has 0 aliphatic heterocycles. The van der Waals surface area contributed by atoms with Crippen LogP contribution in [0.4, 0.5) is 10.1 Å². The molecule has 0 aliphatic rings. The number of carbonyl (C=O) groups is 1. The molecule has 0 saturated carbocycles. The Labute approximate surface area is 140 Å². The van der Waals surface area contributed by atoms with Crippen molar-refractivity contribution < 1.29 is 28.3 Å². The van der Waals surface area contributed by atoms with Crippen LogP contribution in [0.5, 0.6) is 17.2 Å². The second-order valence-electron chi connectivity index (χ2n) is 4.45. The number of halogens is 2.